The molecule has 3 N–H and O–H groups in total. The van der Waals surface area contributed by atoms with Crippen molar-refractivity contribution < 1.29 is 14.3 Å². The van der Waals surface area contributed by atoms with Gasteiger partial charge in [-0.25, -0.2) is 4.39 Å². The fourth-order valence-corrected chi connectivity index (χ4v) is 2.44. The molecule has 20 heavy (non-hydrogen) atoms. The van der Waals surface area contributed by atoms with Gasteiger partial charge in [-0.05, 0) is 17.5 Å². The zero-order valence-electron chi connectivity index (χ0n) is 10.8. The lowest BCUT2D eigenvalue weighted by Gasteiger charge is -2.08. The summed E-state index contributed by atoms with van der Waals surface area (Å²) in [6.07, 6.45) is 0.805. The largest absolute Gasteiger partial charge is 0.409 e. The Balaban J connectivity index is 1.93. The van der Waals surface area contributed by atoms with E-state index in [4.69, 9.17) is 15.7 Å². The predicted molar refractivity (Wildman–Crippen MR) is 76.6 cm³/mol. The van der Waals surface area contributed by atoms with E-state index in [1.807, 2.05) is 17.5 Å². The van der Waals surface area contributed by atoms with Crippen molar-refractivity contribution in [3.8, 4) is 0 Å². The lowest BCUT2D eigenvalue weighted by Crippen LogP contribution is -2.16. The number of rotatable bonds is 6. The molecule has 0 atom stereocenters. The first-order chi connectivity index (χ1) is 9.72. The van der Waals surface area contributed by atoms with Crippen molar-refractivity contribution in [2.45, 2.75) is 13.0 Å². The first-order valence-electron chi connectivity index (χ1n) is 6.07. The van der Waals surface area contributed by atoms with E-state index in [1.54, 1.807) is 23.5 Å². The molecule has 1 heterocycles. The number of thiophene rings is 1. The molecule has 6 heteroatoms. The Kier molecular flexibility index (Phi) is 5.09. The molecule has 0 bridgehead atoms. The number of benzene rings is 1. The topological polar surface area (TPSA) is 67.8 Å². The Morgan fingerprint density at radius 2 is 2.20 bits per heavy atom. The Bertz CT molecular complexity index is 585. The smallest absolute Gasteiger partial charge is 0.173 e. The minimum absolute atomic E-state index is 0.0758. The van der Waals surface area contributed by atoms with Crippen LogP contribution in [0.1, 0.15) is 16.0 Å². The highest BCUT2D eigenvalue weighted by atomic mass is 32.1. The van der Waals surface area contributed by atoms with Crippen LogP contribution in [-0.4, -0.2) is 17.6 Å². The molecule has 0 aliphatic rings. The third kappa shape index (κ3) is 3.55. The molecule has 0 amide bonds. The maximum atomic E-state index is 14.1. The molecule has 0 unspecified atom stereocenters. The minimum Gasteiger partial charge on any atom is -0.409 e. The zero-order chi connectivity index (χ0) is 14.4. The van der Waals surface area contributed by atoms with Gasteiger partial charge in [0.15, 0.2) is 5.84 Å². The van der Waals surface area contributed by atoms with Crippen molar-refractivity contribution in [1.82, 2.24) is 0 Å². The second-order valence-electron chi connectivity index (χ2n) is 4.15. The van der Waals surface area contributed by atoms with Crippen molar-refractivity contribution >= 4 is 17.2 Å². The van der Waals surface area contributed by atoms with E-state index >= 15 is 0 Å². The van der Waals surface area contributed by atoms with Crippen LogP contribution in [-0.2, 0) is 17.8 Å². The highest BCUT2D eigenvalue weighted by molar-refractivity contribution is 7.09. The number of hydrogen-bond donors (Lipinski definition) is 2. The summed E-state index contributed by atoms with van der Waals surface area (Å²) in [4.78, 5) is 1.23. The summed E-state index contributed by atoms with van der Waals surface area (Å²) >= 11 is 1.67. The summed E-state index contributed by atoms with van der Waals surface area (Å²) in [5.41, 5.74) is 5.87. The first-order valence-corrected chi connectivity index (χ1v) is 6.95. The molecule has 4 nitrogen and oxygen atoms in total. The zero-order valence-corrected chi connectivity index (χ0v) is 11.6. The molecule has 0 saturated carbocycles. The van der Waals surface area contributed by atoms with Crippen LogP contribution in [0.4, 0.5) is 4.39 Å². The van der Waals surface area contributed by atoms with Gasteiger partial charge in [0.25, 0.3) is 0 Å². The van der Waals surface area contributed by atoms with Gasteiger partial charge in [0.2, 0.25) is 0 Å². The summed E-state index contributed by atoms with van der Waals surface area (Å²) in [6.45, 7) is 0.678. The first kappa shape index (κ1) is 14.5. The van der Waals surface area contributed by atoms with E-state index in [9.17, 15) is 4.39 Å². The lowest BCUT2D eigenvalue weighted by atomic mass is 10.1. The third-order valence-corrected chi connectivity index (χ3v) is 3.73. The average Bonchev–Trinajstić information content (AvgIpc) is 2.97. The Hall–Kier alpha value is -1.92. The molecule has 2 rings (SSSR count). The molecule has 0 saturated heterocycles. The van der Waals surface area contributed by atoms with E-state index in [-0.39, 0.29) is 18.0 Å². The Morgan fingerprint density at radius 3 is 2.90 bits per heavy atom. The number of amidine groups is 1. The number of halogens is 1. The summed E-state index contributed by atoms with van der Waals surface area (Å²) in [5, 5.41) is 13.4. The number of ether oxygens (including phenoxy) is 1. The van der Waals surface area contributed by atoms with Gasteiger partial charge in [-0.3, -0.25) is 0 Å². The second-order valence-corrected chi connectivity index (χ2v) is 5.18. The SMILES string of the molecule is N/C(=N/O)c1cccc(COCCc2cccs2)c1F. The summed E-state index contributed by atoms with van der Waals surface area (Å²) in [6, 6.07) is 8.75. The minimum atomic E-state index is -0.515. The van der Waals surface area contributed by atoms with Crippen LogP contribution < -0.4 is 5.73 Å². The molecule has 0 fully saturated rings. The molecule has 0 aliphatic heterocycles. The van der Waals surface area contributed by atoms with Crippen LogP contribution in [0.2, 0.25) is 0 Å². The molecule has 0 aliphatic carbocycles. The van der Waals surface area contributed by atoms with Gasteiger partial charge < -0.3 is 15.7 Å². The van der Waals surface area contributed by atoms with Crippen molar-refractivity contribution in [2.24, 2.45) is 10.9 Å². The van der Waals surface area contributed by atoms with Crippen molar-refractivity contribution in [3.05, 3.63) is 57.5 Å². The summed E-state index contributed by atoms with van der Waals surface area (Å²) in [5.74, 6) is -0.762. The van der Waals surface area contributed by atoms with Crippen LogP contribution in [0.25, 0.3) is 0 Å². The standard InChI is InChI=1S/C14H15FN2O2S/c15-13-10(3-1-5-12(13)14(16)17-18)9-19-7-6-11-4-2-8-20-11/h1-5,8,18H,6-7,9H2,(H2,16,17). The van der Waals surface area contributed by atoms with Gasteiger partial charge in [0, 0.05) is 16.9 Å². The van der Waals surface area contributed by atoms with Gasteiger partial charge in [-0.1, -0.05) is 23.4 Å². The van der Waals surface area contributed by atoms with Crippen molar-refractivity contribution in [1.29, 1.82) is 0 Å². The quantitative estimate of drug-likeness (QED) is 0.283. The van der Waals surface area contributed by atoms with Gasteiger partial charge in [0.05, 0.1) is 18.8 Å². The van der Waals surface area contributed by atoms with Crippen LogP contribution in [0.15, 0.2) is 40.9 Å². The predicted octanol–water partition coefficient (Wildman–Crippen LogP) is 2.74. The van der Waals surface area contributed by atoms with Crippen molar-refractivity contribution in [2.75, 3.05) is 6.61 Å². The average molecular weight is 294 g/mol. The molecule has 106 valence electrons. The molecular weight excluding hydrogens is 279 g/mol. The highest BCUT2D eigenvalue weighted by Gasteiger charge is 2.11. The molecule has 1 aromatic heterocycles. The number of hydrogen-bond acceptors (Lipinski definition) is 4. The maximum absolute atomic E-state index is 14.1. The molecule has 2 aromatic rings. The van der Waals surface area contributed by atoms with E-state index < -0.39 is 5.82 Å². The van der Waals surface area contributed by atoms with Gasteiger partial charge in [-0.15, -0.1) is 11.3 Å². The summed E-state index contributed by atoms with van der Waals surface area (Å²) < 4.78 is 19.5. The molecule has 0 radical (unpaired) electrons. The van der Waals surface area contributed by atoms with E-state index in [1.165, 1.54) is 10.9 Å². The highest BCUT2D eigenvalue weighted by Crippen LogP contribution is 2.15. The van der Waals surface area contributed by atoms with Gasteiger partial charge >= 0.3 is 0 Å². The molecule has 0 spiro atoms. The van der Waals surface area contributed by atoms with Crippen molar-refractivity contribution in [3.63, 3.8) is 0 Å². The van der Waals surface area contributed by atoms with Crippen LogP contribution >= 0.6 is 11.3 Å². The Morgan fingerprint density at radius 1 is 1.35 bits per heavy atom. The normalized spacial score (nSPS) is 11.8. The van der Waals surface area contributed by atoms with Gasteiger partial charge in [-0.2, -0.15) is 0 Å². The summed E-state index contributed by atoms with van der Waals surface area (Å²) in [7, 11) is 0. The lowest BCUT2D eigenvalue weighted by molar-refractivity contribution is 0.122. The fraction of sp³-hybridized carbons (Fsp3) is 0.214. The molecular formula is C14H15FN2O2S. The monoisotopic (exact) mass is 294 g/mol. The fourth-order valence-electron chi connectivity index (χ4n) is 1.75. The maximum Gasteiger partial charge on any atom is 0.173 e. The second kappa shape index (κ2) is 7.02. The van der Waals surface area contributed by atoms with Crippen LogP contribution in [0.3, 0.4) is 0 Å². The Labute approximate surface area is 120 Å². The van der Waals surface area contributed by atoms with Crippen LogP contribution in [0, 0.1) is 5.82 Å². The number of nitrogens with two attached hydrogens (primary N) is 1. The van der Waals surface area contributed by atoms with E-state index in [2.05, 4.69) is 5.16 Å². The van der Waals surface area contributed by atoms with E-state index in [0.29, 0.717) is 12.2 Å². The number of nitrogens with zero attached hydrogens (tertiary/aromatic N) is 1. The van der Waals surface area contributed by atoms with Gasteiger partial charge in [0.1, 0.15) is 5.82 Å². The van der Waals surface area contributed by atoms with E-state index in [0.717, 1.165) is 6.42 Å². The third-order valence-electron chi connectivity index (χ3n) is 2.79. The number of oxime groups is 1. The van der Waals surface area contributed by atoms with Crippen LogP contribution in [0.5, 0.6) is 0 Å². The molecule has 1 aromatic carbocycles.